The standard InChI is InChI=1S/C16H15FN2O2/c1-21-15-8-4-13(5-9-15)11-18-19-16(20)10-12-2-6-14(17)7-3-12/h2-9,11H,10H2,1H3,(H,19,20)/b18-11-. The van der Waals surface area contributed by atoms with E-state index in [1.165, 1.54) is 12.1 Å². The van der Waals surface area contributed by atoms with Crippen LogP contribution in [0.1, 0.15) is 11.1 Å². The van der Waals surface area contributed by atoms with Gasteiger partial charge in [0.2, 0.25) is 5.91 Å². The lowest BCUT2D eigenvalue weighted by Crippen LogP contribution is -2.19. The molecule has 0 radical (unpaired) electrons. The van der Waals surface area contributed by atoms with Gasteiger partial charge in [0.15, 0.2) is 0 Å². The first kappa shape index (κ1) is 14.7. The van der Waals surface area contributed by atoms with E-state index in [2.05, 4.69) is 10.5 Å². The van der Waals surface area contributed by atoms with Crippen LogP contribution in [0.2, 0.25) is 0 Å². The first-order valence-electron chi connectivity index (χ1n) is 6.38. The van der Waals surface area contributed by atoms with Gasteiger partial charge in [-0.05, 0) is 47.5 Å². The molecule has 1 amide bonds. The number of rotatable bonds is 5. The molecule has 0 heterocycles. The molecule has 0 bridgehead atoms. The van der Waals surface area contributed by atoms with Crippen molar-refractivity contribution in [2.75, 3.05) is 7.11 Å². The summed E-state index contributed by atoms with van der Waals surface area (Å²) in [6, 6.07) is 13.1. The second-order valence-corrected chi connectivity index (χ2v) is 4.37. The molecular formula is C16H15FN2O2. The highest BCUT2D eigenvalue weighted by atomic mass is 19.1. The number of ether oxygens (including phenoxy) is 1. The average Bonchev–Trinajstić information content (AvgIpc) is 2.50. The fraction of sp³-hybridized carbons (Fsp3) is 0.125. The Labute approximate surface area is 122 Å². The van der Waals surface area contributed by atoms with Gasteiger partial charge in [-0.15, -0.1) is 0 Å². The fourth-order valence-electron chi connectivity index (χ4n) is 1.70. The van der Waals surface area contributed by atoms with Crippen LogP contribution in [0.5, 0.6) is 5.75 Å². The summed E-state index contributed by atoms with van der Waals surface area (Å²) in [6.45, 7) is 0. The van der Waals surface area contributed by atoms with Crippen molar-refractivity contribution in [3.05, 3.63) is 65.5 Å². The molecule has 0 saturated heterocycles. The number of hydrogen-bond donors (Lipinski definition) is 1. The molecule has 21 heavy (non-hydrogen) atoms. The van der Waals surface area contributed by atoms with Crippen LogP contribution in [0.4, 0.5) is 4.39 Å². The molecule has 5 heteroatoms. The van der Waals surface area contributed by atoms with E-state index >= 15 is 0 Å². The molecule has 2 rings (SSSR count). The highest BCUT2D eigenvalue weighted by Gasteiger charge is 2.02. The van der Waals surface area contributed by atoms with Gasteiger partial charge in [0, 0.05) is 0 Å². The summed E-state index contributed by atoms with van der Waals surface area (Å²) in [5, 5.41) is 3.87. The molecule has 0 aliphatic rings. The number of benzene rings is 2. The molecular weight excluding hydrogens is 271 g/mol. The Hall–Kier alpha value is -2.69. The predicted octanol–water partition coefficient (Wildman–Crippen LogP) is 2.53. The van der Waals surface area contributed by atoms with E-state index in [0.29, 0.717) is 0 Å². The van der Waals surface area contributed by atoms with Gasteiger partial charge in [-0.25, -0.2) is 9.82 Å². The van der Waals surface area contributed by atoms with Crippen molar-refractivity contribution in [2.24, 2.45) is 5.10 Å². The van der Waals surface area contributed by atoms with Gasteiger partial charge in [0.25, 0.3) is 0 Å². The minimum absolute atomic E-state index is 0.153. The largest absolute Gasteiger partial charge is 0.497 e. The average molecular weight is 286 g/mol. The zero-order valence-electron chi connectivity index (χ0n) is 11.5. The summed E-state index contributed by atoms with van der Waals surface area (Å²) in [5.74, 6) is 0.176. The molecule has 4 nitrogen and oxygen atoms in total. The van der Waals surface area contributed by atoms with Gasteiger partial charge in [-0.3, -0.25) is 4.79 Å². The molecule has 0 aliphatic heterocycles. The maximum atomic E-state index is 12.7. The van der Waals surface area contributed by atoms with Crippen molar-refractivity contribution < 1.29 is 13.9 Å². The number of carbonyl (C=O) groups excluding carboxylic acids is 1. The second-order valence-electron chi connectivity index (χ2n) is 4.37. The Bertz CT molecular complexity index is 622. The number of nitrogens with one attached hydrogen (secondary N) is 1. The number of carbonyl (C=O) groups is 1. The molecule has 0 fully saturated rings. The van der Waals surface area contributed by atoms with Crippen LogP contribution in [0, 0.1) is 5.82 Å². The first-order chi connectivity index (χ1) is 10.2. The van der Waals surface area contributed by atoms with Gasteiger partial charge >= 0.3 is 0 Å². The van der Waals surface area contributed by atoms with Gasteiger partial charge in [-0.1, -0.05) is 12.1 Å². The van der Waals surface area contributed by atoms with E-state index in [-0.39, 0.29) is 18.1 Å². The van der Waals surface area contributed by atoms with Gasteiger partial charge in [0.1, 0.15) is 11.6 Å². The zero-order valence-corrected chi connectivity index (χ0v) is 11.5. The fourth-order valence-corrected chi connectivity index (χ4v) is 1.70. The lowest BCUT2D eigenvalue weighted by Gasteiger charge is -2.01. The molecule has 0 aromatic heterocycles. The van der Waals surface area contributed by atoms with Crippen molar-refractivity contribution in [2.45, 2.75) is 6.42 Å². The van der Waals surface area contributed by atoms with Crippen LogP contribution in [0.3, 0.4) is 0 Å². The topological polar surface area (TPSA) is 50.7 Å². The Morgan fingerprint density at radius 2 is 1.86 bits per heavy atom. The van der Waals surface area contributed by atoms with Gasteiger partial charge in [0.05, 0.1) is 19.7 Å². The summed E-state index contributed by atoms with van der Waals surface area (Å²) >= 11 is 0. The maximum Gasteiger partial charge on any atom is 0.244 e. The molecule has 2 aromatic carbocycles. The molecule has 2 aromatic rings. The number of amides is 1. The van der Waals surface area contributed by atoms with Crippen LogP contribution >= 0.6 is 0 Å². The summed E-state index contributed by atoms with van der Waals surface area (Å²) in [7, 11) is 1.60. The third-order valence-electron chi connectivity index (χ3n) is 2.80. The van der Waals surface area contributed by atoms with Gasteiger partial charge < -0.3 is 4.74 Å². The predicted molar refractivity (Wildman–Crippen MR) is 78.8 cm³/mol. The van der Waals surface area contributed by atoms with Crippen molar-refractivity contribution in [3.63, 3.8) is 0 Å². The molecule has 0 aliphatic carbocycles. The molecule has 0 atom stereocenters. The third kappa shape index (κ3) is 4.72. The Kier molecular flexibility index (Phi) is 5.04. The number of nitrogens with zero attached hydrogens (tertiary/aromatic N) is 1. The number of hydrogen-bond acceptors (Lipinski definition) is 3. The molecule has 108 valence electrons. The minimum Gasteiger partial charge on any atom is -0.497 e. The van der Waals surface area contributed by atoms with E-state index < -0.39 is 0 Å². The van der Waals surface area contributed by atoms with Crippen molar-refractivity contribution >= 4 is 12.1 Å². The van der Waals surface area contributed by atoms with Crippen molar-refractivity contribution in [1.29, 1.82) is 0 Å². The normalized spacial score (nSPS) is 10.6. The zero-order chi connectivity index (χ0) is 15.1. The second kappa shape index (κ2) is 7.19. The number of halogens is 1. The Morgan fingerprint density at radius 1 is 1.19 bits per heavy atom. The SMILES string of the molecule is COc1ccc(/C=N\NC(=O)Cc2ccc(F)cc2)cc1. The lowest BCUT2D eigenvalue weighted by molar-refractivity contribution is -0.120. The molecule has 1 N–H and O–H groups in total. The summed E-state index contributed by atoms with van der Waals surface area (Å²) in [4.78, 5) is 11.6. The maximum absolute atomic E-state index is 12.7. The summed E-state index contributed by atoms with van der Waals surface area (Å²) in [6.07, 6.45) is 1.70. The number of methoxy groups -OCH3 is 1. The minimum atomic E-state index is -0.323. The Morgan fingerprint density at radius 3 is 2.48 bits per heavy atom. The number of hydrazone groups is 1. The third-order valence-corrected chi connectivity index (χ3v) is 2.80. The quantitative estimate of drug-likeness (QED) is 0.678. The highest BCUT2D eigenvalue weighted by Crippen LogP contribution is 2.09. The van der Waals surface area contributed by atoms with Crippen LogP contribution in [0.25, 0.3) is 0 Å². The van der Waals surface area contributed by atoms with Gasteiger partial charge in [-0.2, -0.15) is 5.10 Å². The van der Waals surface area contributed by atoms with E-state index in [0.717, 1.165) is 16.9 Å². The van der Waals surface area contributed by atoms with Crippen LogP contribution in [-0.4, -0.2) is 19.2 Å². The van der Waals surface area contributed by atoms with E-state index in [9.17, 15) is 9.18 Å². The highest BCUT2D eigenvalue weighted by molar-refractivity contribution is 5.83. The monoisotopic (exact) mass is 286 g/mol. The molecule has 0 unspecified atom stereocenters. The summed E-state index contributed by atoms with van der Waals surface area (Å²) < 4.78 is 17.8. The summed E-state index contributed by atoms with van der Waals surface area (Å²) in [5.41, 5.74) is 4.00. The van der Waals surface area contributed by atoms with Crippen LogP contribution in [0.15, 0.2) is 53.6 Å². The van der Waals surface area contributed by atoms with Crippen molar-refractivity contribution in [3.8, 4) is 5.75 Å². The molecule has 0 spiro atoms. The van der Waals surface area contributed by atoms with Crippen molar-refractivity contribution in [1.82, 2.24) is 5.43 Å². The van der Waals surface area contributed by atoms with E-state index in [1.54, 1.807) is 25.5 Å². The van der Waals surface area contributed by atoms with Crippen LogP contribution in [-0.2, 0) is 11.2 Å². The lowest BCUT2D eigenvalue weighted by atomic mass is 10.1. The van der Waals surface area contributed by atoms with Crippen LogP contribution < -0.4 is 10.2 Å². The van der Waals surface area contributed by atoms with E-state index in [1.807, 2.05) is 24.3 Å². The molecule has 0 saturated carbocycles. The smallest absolute Gasteiger partial charge is 0.244 e. The van der Waals surface area contributed by atoms with E-state index in [4.69, 9.17) is 4.74 Å². The Balaban J connectivity index is 1.85. The first-order valence-corrected chi connectivity index (χ1v) is 6.38.